The average Bonchev–Trinajstić information content (AvgIpc) is 3.02. The van der Waals surface area contributed by atoms with E-state index in [2.05, 4.69) is 4.98 Å². The van der Waals surface area contributed by atoms with E-state index in [1.165, 1.54) is 0 Å². The van der Waals surface area contributed by atoms with E-state index in [-0.39, 0.29) is 11.9 Å². The third kappa shape index (κ3) is 3.22. The van der Waals surface area contributed by atoms with E-state index in [1.54, 1.807) is 4.90 Å². The van der Waals surface area contributed by atoms with Crippen molar-refractivity contribution in [2.24, 2.45) is 0 Å². The van der Waals surface area contributed by atoms with Crippen LogP contribution in [-0.4, -0.2) is 29.1 Å². The van der Waals surface area contributed by atoms with Crippen LogP contribution in [0.4, 0.5) is 19.2 Å². The van der Waals surface area contributed by atoms with Crippen LogP contribution in [0.5, 0.6) is 0 Å². The molecule has 1 aliphatic heterocycles. The zero-order chi connectivity index (χ0) is 17.3. The second kappa shape index (κ2) is 6.18. The van der Waals surface area contributed by atoms with Crippen molar-refractivity contribution in [3.05, 3.63) is 47.3 Å². The Labute approximate surface area is 135 Å². The Morgan fingerprint density at radius 1 is 1.29 bits per heavy atom. The number of nitrogens with zero attached hydrogens (tertiary/aromatic N) is 2. The summed E-state index contributed by atoms with van der Waals surface area (Å²) in [7, 11) is 0. The van der Waals surface area contributed by atoms with E-state index in [0.29, 0.717) is 13.1 Å². The number of carbonyl (C=O) groups is 1. The normalized spacial score (nSPS) is 18.6. The van der Waals surface area contributed by atoms with Crippen LogP contribution < -0.4 is 4.90 Å². The third-order valence-electron chi connectivity index (χ3n) is 4.04. The van der Waals surface area contributed by atoms with Gasteiger partial charge in [-0.3, -0.25) is 0 Å². The molecule has 2 heterocycles. The minimum atomic E-state index is -4.87. The van der Waals surface area contributed by atoms with Crippen LogP contribution in [0, 0.1) is 0 Å². The number of alkyl halides is 3. The van der Waals surface area contributed by atoms with Crippen LogP contribution in [0.2, 0.25) is 0 Å². The van der Waals surface area contributed by atoms with Gasteiger partial charge in [0, 0.05) is 19.0 Å². The van der Waals surface area contributed by atoms with Gasteiger partial charge in [-0.25, -0.2) is 4.79 Å². The zero-order valence-electron chi connectivity index (χ0n) is 12.6. The Balaban J connectivity index is 1.87. The van der Waals surface area contributed by atoms with Gasteiger partial charge in [-0.05, 0) is 18.4 Å². The molecule has 0 aliphatic carbocycles. The number of hydrogen-bond donors (Lipinski definition) is 1. The molecule has 0 radical (unpaired) electrons. The number of rotatable bonds is 3. The number of aromatic nitrogens is 1. The first-order valence-corrected chi connectivity index (χ1v) is 7.47. The molecule has 0 amide bonds. The fourth-order valence-corrected chi connectivity index (χ4v) is 2.93. The van der Waals surface area contributed by atoms with E-state index >= 15 is 0 Å². The zero-order valence-corrected chi connectivity index (χ0v) is 12.6. The molecule has 128 valence electrons. The monoisotopic (exact) mass is 340 g/mol. The van der Waals surface area contributed by atoms with Gasteiger partial charge in [0.1, 0.15) is 0 Å². The summed E-state index contributed by atoms with van der Waals surface area (Å²) < 4.78 is 43.7. The van der Waals surface area contributed by atoms with E-state index in [4.69, 9.17) is 9.52 Å². The number of hydrogen-bond acceptors (Lipinski definition) is 4. The Morgan fingerprint density at radius 3 is 2.58 bits per heavy atom. The molecule has 1 saturated heterocycles. The predicted octanol–water partition coefficient (Wildman–Crippen LogP) is 3.78. The van der Waals surface area contributed by atoms with Crippen molar-refractivity contribution in [1.82, 2.24) is 4.98 Å². The maximum absolute atomic E-state index is 12.9. The molecule has 5 nitrogen and oxygen atoms in total. The molecule has 1 N–H and O–H groups in total. The summed E-state index contributed by atoms with van der Waals surface area (Å²) >= 11 is 0. The van der Waals surface area contributed by atoms with E-state index in [0.717, 1.165) is 18.4 Å². The first kappa shape index (κ1) is 16.4. The first-order chi connectivity index (χ1) is 11.4. The number of piperidine rings is 1. The Hall–Kier alpha value is -2.51. The Morgan fingerprint density at radius 2 is 2.00 bits per heavy atom. The molecule has 1 atom stereocenters. The van der Waals surface area contributed by atoms with Crippen molar-refractivity contribution in [3.63, 3.8) is 0 Å². The highest BCUT2D eigenvalue weighted by molar-refractivity contribution is 5.86. The average molecular weight is 340 g/mol. The van der Waals surface area contributed by atoms with Crippen molar-refractivity contribution in [2.45, 2.75) is 24.9 Å². The number of carboxylic acid groups (broad SMARTS) is 1. The first-order valence-electron chi connectivity index (χ1n) is 7.47. The smallest absolute Gasteiger partial charge is 0.437 e. The van der Waals surface area contributed by atoms with E-state index in [1.807, 2.05) is 30.3 Å². The van der Waals surface area contributed by atoms with Crippen LogP contribution >= 0.6 is 0 Å². The van der Waals surface area contributed by atoms with Gasteiger partial charge in [-0.1, -0.05) is 30.3 Å². The quantitative estimate of drug-likeness (QED) is 0.921. The van der Waals surface area contributed by atoms with Crippen molar-refractivity contribution in [2.75, 3.05) is 18.0 Å². The van der Waals surface area contributed by atoms with Crippen LogP contribution in [-0.2, 0) is 6.18 Å². The van der Waals surface area contributed by atoms with Gasteiger partial charge >= 0.3 is 12.1 Å². The van der Waals surface area contributed by atoms with Gasteiger partial charge < -0.3 is 14.4 Å². The Kier molecular flexibility index (Phi) is 4.21. The number of halogens is 3. The van der Waals surface area contributed by atoms with E-state index in [9.17, 15) is 18.0 Å². The largest absolute Gasteiger partial charge is 0.475 e. The standard InChI is InChI=1S/C16H15F3N2O3/c17-16(18,19)13-12(14(22)23)24-15(20-13)21-8-4-7-11(9-21)10-5-2-1-3-6-10/h1-3,5-6,11H,4,7-9H2,(H,22,23)/t11-/m1/s1. The lowest BCUT2D eigenvalue weighted by Gasteiger charge is -2.31. The highest BCUT2D eigenvalue weighted by atomic mass is 19.4. The summed E-state index contributed by atoms with van der Waals surface area (Å²) in [6.07, 6.45) is -3.21. The highest BCUT2D eigenvalue weighted by Crippen LogP contribution is 2.36. The summed E-state index contributed by atoms with van der Waals surface area (Å²) in [5.41, 5.74) is -0.407. The summed E-state index contributed by atoms with van der Waals surface area (Å²) in [6.45, 7) is 0.904. The van der Waals surface area contributed by atoms with Gasteiger partial charge in [0.05, 0.1) is 0 Å². The SMILES string of the molecule is O=C(O)c1oc(N2CCC[C@@H](c3ccccc3)C2)nc1C(F)(F)F. The van der Waals surface area contributed by atoms with Crippen molar-refractivity contribution >= 4 is 12.0 Å². The minimum Gasteiger partial charge on any atom is -0.475 e. The summed E-state index contributed by atoms with van der Waals surface area (Å²) in [6, 6.07) is 9.35. The molecule has 0 bridgehead atoms. The van der Waals surface area contributed by atoms with E-state index < -0.39 is 23.6 Å². The number of carboxylic acids is 1. The molecule has 0 saturated carbocycles. The van der Waals surface area contributed by atoms with Crippen LogP contribution in [0.15, 0.2) is 34.7 Å². The summed E-state index contributed by atoms with van der Waals surface area (Å²) in [5, 5.41) is 8.92. The summed E-state index contributed by atoms with van der Waals surface area (Å²) in [5.74, 6) is -2.81. The fourth-order valence-electron chi connectivity index (χ4n) is 2.93. The van der Waals surface area contributed by atoms with Gasteiger partial charge in [0.15, 0.2) is 5.69 Å². The number of aromatic carboxylic acids is 1. The van der Waals surface area contributed by atoms with Crippen LogP contribution in [0.1, 0.15) is 40.6 Å². The molecule has 0 unspecified atom stereocenters. The topological polar surface area (TPSA) is 66.6 Å². The highest BCUT2D eigenvalue weighted by Gasteiger charge is 2.42. The molecule has 1 aromatic carbocycles. The molecule has 24 heavy (non-hydrogen) atoms. The molecular formula is C16H15F3N2O3. The predicted molar refractivity (Wildman–Crippen MR) is 79.1 cm³/mol. The van der Waals surface area contributed by atoms with Gasteiger partial charge in [0.2, 0.25) is 5.76 Å². The van der Waals surface area contributed by atoms with Crippen LogP contribution in [0.3, 0.4) is 0 Å². The van der Waals surface area contributed by atoms with Crippen molar-refractivity contribution in [1.29, 1.82) is 0 Å². The lowest BCUT2D eigenvalue weighted by Crippen LogP contribution is -2.34. The second-order valence-corrected chi connectivity index (χ2v) is 5.67. The molecule has 1 aromatic heterocycles. The second-order valence-electron chi connectivity index (χ2n) is 5.67. The molecule has 0 spiro atoms. The van der Waals surface area contributed by atoms with Gasteiger partial charge in [0.25, 0.3) is 6.01 Å². The van der Waals surface area contributed by atoms with Crippen molar-refractivity contribution < 1.29 is 27.5 Å². The fraction of sp³-hybridized carbons (Fsp3) is 0.375. The Bertz CT molecular complexity index is 728. The van der Waals surface area contributed by atoms with Crippen molar-refractivity contribution in [3.8, 4) is 0 Å². The molecule has 3 rings (SSSR count). The van der Waals surface area contributed by atoms with Gasteiger partial charge in [-0.2, -0.15) is 18.2 Å². The molecule has 1 fully saturated rings. The van der Waals surface area contributed by atoms with Crippen LogP contribution in [0.25, 0.3) is 0 Å². The number of benzene rings is 1. The molecule has 2 aromatic rings. The number of oxazole rings is 1. The molecule has 8 heteroatoms. The minimum absolute atomic E-state index is 0.134. The lowest BCUT2D eigenvalue weighted by atomic mass is 9.91. The maximum atomic E-state index is 12.9. The maximum Gasteiger partial charge on any atom is 0.437 e. The lowest BCUT2D eigenvalue weighted by molar-refractivity contribution is -0.141. The molecular weight excluding hydrogens is 325 g/mol. The summed E-state index contributed by atoms with van der Waals surface area (Å²) in [4.78, 5) is 16.0. The number of anilines is 1. The molecule has 1 aliphatic rings. The third-order valence-corrected chi connectivity index (χ3v) is 4.04. The van der Waals surface area contributed by atoms with Gasteiger partial charge in [-0.15, -0.1) is 0 Å².